The molecule has 1 aliphatic rings. The zero-order valence-corrected chi connectivity index (χ0v) is 10.7. The molecular weight excluding hydrogens is 242 g/mol. The number of fused-ring (bicyclic) bond motifs is 1. The molecule has 6 heteroatoms. The van der Waals surface area contributed by atoms with Crippen LogP contribution < -0.4 is 15.4 Å². The van der Waals surface area contributed by atoms with E-state index in [-0.39, 0.29) is 0 Å². The van der Waals surface area contributed by atoms with Crippen molar-refractivity contribution in [2.75, 3.05) is 19.0 Å². The summed E-state index contributed by atoms with van der Waals surface area (Å²) in [5, 5.41) is 6.60. The van der Waals surface area contributed by atoms with Crippen LogP contribution in [0.5, 0.6) is 6.01 Å². The molecule has 0 saturated heterocycles. The van der Waals surface area contributed by atoms with Crippen molar-refractivity contribution < 1.29 is 4.74 Å². The number of nitrogens with one attached hydrogen (secondary N) is 2. The van der Waals surface area contributed by atoms with Gasteiger partial charge >= 0.3 is 6.01 Å². The highest BCUT2D eigenvalue weighted by Crippen LogP contribution is 2.25. The Kier molecular flexibility index (Phi) is 3.24. The maximum absolute atomic E-state index is 5.16. The summed E-state index contributed by atoms with van der Waals surface area (Å²) in [4.78, 5) is 12.9. The fourth-order valence-corrected chi connectivity index (χ4v) is 2.09. The Labute approximate surface area is 111 Å². The zero-order chi connectivity index (χ0) is 13.1. The van der Waals surface area contributed by atoms with Crippen molar-refractivity contribution in [3.8, 4) is 6.01 Å². The fourth-order valence-electron chi connectivity index (χ4n) is 2.09. The standard InChI is InChI=1S/C13H15N5O/c1-19-13-17-11-4-6-15-8-10(11)12(18-13)16-9-3-2-5-14-7-9/h2-3,5,7,15H,4,6,8H2,1H3,(H,16,17,18). The Balaban J connectivity index is 1.99. The van der Waals surface area contributed by atoms with Gasteiger partial charge in [-0.15, -0.1) is 0 Å². The number of aromatic nitrogens is 3. The van der Waals surface area contributed by atoms with Crippen molar-refractivity contribution in [2.24, 2.45) is 0 Å². The molecule has 98 valence electrons. The molecule has 19 heavy (non-hydrogen) atoms. The molecule has 0 amide bonds. The molecule has 2 aromatic heterocycles. The largest absolute Gasteiger partial charge is 0.467 e. The highest BCUT2D eigenvalue weighted by Gasteiger charge is 2.18. The van der Waals surface area contributed by atoms with Gasteiger partial charge in [0.2, 0.25) is 0 Å². The zero-order valence-electron chi connectivity index (χ0n) is 10.7. The first-order valence-corrected chi connectivity index (χ1v) is 6.18. The van der Waals surface area contributed by atoms with Crippen LogP contribution in [0.4, 0.5) is 11.5 Å². The van der Waals surface area contributed by atoms with Gasteiger partial charge in [0.1, 0.15) is 5.82 Å². The lowest BCUT2D eigenvalue weighted by Gasteiger charge is -2.20. The van der Waals surface area contributed by atoms with Gasteiger partial charge in [0.05, 0.1) is 24.7 Å². The van der Waals surface area contributed by atoms with Crippen LogP contribution in [0.2, 0.25) is 0 Å². The Bertz CT molecular complexity index is 573. The van der Waals surface area contributed by atoms with Gasteiger partial charge in [0.25, 0.3) is 0 Å². The fraction of sp³-hybridized carbons (Fsp3) is 0.308. The summed E-state index contributed by atoms with van der Waals surface area (Å²) in [6, 6.07) is 4.22. The summed E-state index contributed by atoms with van der Waals surface area (Å²) in [5.41, 5.74) is 3.03. The van der Waals surface area contributed by atoms with Crippen molar-refractivity contribution in [3.63, 3.8) is 0 Å². The molecule has 0 bridgehead atoms. The lowest BCUT2D eigenvalue weighted by atomic mass is 10.1. The van der Waals surface area contributed by atoms with Crippen molar-refractivity contribution in [1.29, 1.82) is 0 Å². The lowest BCUT2D eigenvalue weighted by Crippen LogP contribution is -2.26. The third kappa shape index (κ3) is 2.48. The summed E-state index contributed by atoms with van der Waals surface area (Å²) < 4.78 is 5.16. The normalized spacial score (nSPS) is 13.7. The molecule has 0 aromatic carbocycles. The molecule has 2 N–H and O–H groups in total. The van der Waals surface area contributed by atoms with Crippen molar-refractivity contribution >= 4 is 11.5 Å². The molecule has 0 saturated carbocycles. The first-order valence-electron chi connectivity index (χ1n) is 6.18. The number of nitrogens with zero attached hydrogens (tertiary/aromatic N) is 3. The summed E-state index contributed by atoms with van der Waals surface area (Å²) >= 11 is 0. The van der Waals surface area contributed by atoms with Crippen LogP contribution in [-0.2, 0) is 13.0 Å². The van der Waals surface area contributed by atoms with Gasteiger partial charge in [-0.05, 0) is 12.1 Å². The van der Waals surface area contributed by atoms with E-state index in [2.05, 4.69) is 25.6 Å². The summed E-state index contributed by atoms with van der Waals surface area (Å²) in [6.07, 6.45) is 4.38. The van der Waals surface area contributed by atoms with Crippen molar-refractivity contribution in [2.45, 2.75) is 13.0 Å². The van der Waals surface area contributed by atoms with Gasteiger partial charge in [-0.3, -0.25) is 4.98 Å². The van der Waals surface area contributed by atoms with Crippen LogP contribution >= 0.6 is 0 Å². The SMILES string of the molecule is COc1nc2c(c(Nc3cccnc3)n1)CNCC2. The maximum atomic E-state index is 5.16. The van der Waals surface area contributed by atoms with E-state index in [4.69, 9.17) is 4.74 Å². The first kappa shape index (κ1) is 11.9. The Hall–Kier alpha value is -2.21. The number of methoxy groups -OCH3 is 1. The van der Waals surface area contributed by atoms with E-state index < -0.39 is 0 Å². The van der Waals surface area contributed by atoms with E-state index in [1.54, 1.807) is 19.5 Å². The second kappa shape index (κ2) is 5.19. The molecule has 6 nitrogen and oxygen atoms in total. The quantitative estimate of drug-likeness (QED) is 0.862. The molecule has 0 aliphatic carbocycles. The number of rotatable bonds is 3. The lowest BCUT2D eigenvalue weighted by molar-refractivity contribution is 0.377. The van der Waals surface area contributed by atoms with E-state index in [1.807, 2.05) is 12.1 Å². The van der Waals surface area contributed by atoms with Crippen LogP contribution in [0.1, 0.15) is 11.3 Å². The van der Waals surface area contributed by atoms with Crippen LogP contribution in [0.3, 0.4) is 0 Å². The smallest absolute Gasteiger partial charge is 0.318 e. The summed E-state index contributed by atoms with van der Waals surface area (Å²) in [6.45, 7) is 1.70. The first-order chi connectivity index (χ1) is 9.36. The second-order valence-electron chi connectivity index (χ2n) is 4.28. The molecule has 0 unspecified atom stereocenters. The summed E-state index contributed by atoms with van der Waals surface area (Å²) in [7, 11) is 1.58. The number of hydrogen-bond donors (Lipinski definition) is 2. The molecule has 0 fully saturated rings. The van der Waals surface area contributed by atoms with Crippen molar-refractivity contribution in [1.82, 2.24) is 20.3 Å². The van der Waals surface area contributed by atoms with Gasteiger partial charge in [-0.1, -0.05) is 0 Å². The molecule has 0 atom stereocenters. The van der Waals surface area contributed by atoms with Crippen LogP contribution in [0.15, 0.2) is 24.5 Å². The van der Waals surface area contributed by atoms with E-state index in [9.17, 15) is 0 Å². The highest BCUT2D eigenvalue weighted by atomic mass is 16.5. The van der Waals surface area contributed by atoms with Crippen LogP contribution in [-0.4, -0.2) is 28.6 Å². The second-order valence-corrected chi connectivity index (χ2v) is 4.28. The van der Waals surface area contributed by atoms with Crippen LogP contribution in [0.25, 0.3) is 0 Å². The number of hydrogen-bond acceptors (Lipinski definition) is 6. The molecule has 1 aliphatic heterocycles. The summed E-state index contributed by atoms with van der Waals surface area (Å²) in [5.74, 6) is 0.780. The predicted molar refractivity (Wildman–Crippen MR) is 71.5 cm³/mol. The minimum atomic E-state index is 0.395. The number of pyridine rings is 1. The van der Waals surface area contributed by atoms with Gasteiger partial charge in [0, 0.05) is 31.3 Å². The van der Waals surface area contributed by atoms with Crippen LogP contribution in [0, 0.1) is 0 Å². The minimum absolute atomic E-state index is 0.395. The molecule has 2 aromatic rings. The third-order valence-corrected chi connectivity index (χ3v) is 3.02. The van der Waals surface area contributed by atoms with Gasteiger partial charge in [-0.25, -0.2) is 0 Å². The average Bonchev–Trinajstić information content (AvgIpc) is 2.48. The van der Waals surface area contributed by atoms with E-state index in [0.29, 0.717) is 6.01 Å². The van der Waals surface area contributed by atoms with E-state index in [1.165, 1.54) is 0 Å². The Morgan fingerprint density at radius 3 is 3.11 bits per heavy atom. The molecular formula is C13H15N5O. The van der Waals surface area contributed by atoms with Gasteiger partial charge in [-0.2, -0.15) is 9.97 Å². The third-order valence-electron chi connectivity index (χ3n) is 3.02. The molecule has 0 radical (unpaired) electrons. The highest BCUT2D eigenvalue weighted by molar-refractivity contribution is 5.60. The molecule has 3 rings (SSSR count). The topological polar surface area (TPSA) is 72.0 Å². The molecule has 3 heterocycles. The predicted octanol–water partition coefficient (Wildman–Crippen LogP) is 1.27. The van der Waals surface area contributed by atoms with E-state index >= 15 is 0 Å². The Morgan fingerprint density at radius 2 is 2.32 bits per heavy atom. The van der Waals surface area contributed by atoms with Gasteiger partial charge in [0.15, 0.2) is 0 Å². The molecule has 0 spiro atoms. The average molecular weight is 257 g/mol. The number of ether oxygens (including phenoxy) is 1. The Morgan fingerprint density at radius 1 is 1.37 bits per heavy atom. The van der Waals surface area contributed by atoms with E-state index in [0.717, 1.165) is 42.3 Å². The minimum Gasteiger partial charge on any atom is -0.467 e. The van der Waals surface area contributed by atoms with Crippen molar-refractivity contribution in [3.05, 3.63) is 35.8 Å². The number of anilines is 2. The monoisotopic (exact) mass is 257 g/mol. The maximum Gasteiger partial charge on any atom is 0.318 e. The van der Waals surface area contributed by atoms with Gasteiger partial charge < -0.3 is 15.4 Å².